The summed E-state index contributed by atoms with van der Waals surface area (Å²) in [4.78, 5) is 31.2. The molecular formula is C37H46F2N4O4. The number of hydrogen-bond donors (Lipinski definition) is 4. The Bertz CT molecular complexity index is 1530. The normalized spacial score (nSPS) is 21.6. The molecular weight excluding hydrogens is 602 g/mol. The van der Waals surface area contributed by atoms with E-state index in [1.54, 1.807) is 0 Å². The number of nitrogens with zero attached hydrogens (tertiary/aromatic N) is 2. The van der Waals surface area contributed by atoms with E-state index in [4.69, 9.17) is 0 Å². The molecule has 4 N–H and O–H groups in total. The van der Waals surface area contributed by atoms with E-state index < -0.39 is 47.4 Å². The van der Waals surface area contributed by atoms with Gasteiger partial charge in [-0.05, 0) is 56.4 Å². The predicted octanol–water partition coefficient (Wildman–Crippen LogP) is 3.75. The minimum absolute atomic E-state index is 0.153. The first-order valence-electron chi connectivity index (χ1n) is 16.4. The van der Waals surface area contributed by atoms with Crippen molar-refractivity contribution in [2.45, 2.75) is 76.4 Å². The minimum atomic E-state index is -0.929. The van der Waals surface area contributed by atoms with E-state index in [9.17, 15) is 28.6 Å². The van der Waals surface area contributed by atoms with Crippen molar-refractivity contribution in [2.24, 2.45) is 5.92 Å². The monoisotopic (exact) mass is 648 g/mol. The number of amides is 2. The lowest BCUT2D eigenvalue weighted by molar-refractivity contribution is -0.132. The maximum atomic E-state index is 14.5. The second-order valence-corrected chi connectivity index (χ2v) is 14.0. The summed E-state index contributed by atoms with van der Waals surface area (Å²) in [6.45, 7) is 7.30. The highest BCUT2D eigenvalue weighted by Gasteiger charge is 2.37. The fourth-order valence-corrected chi connectivity index (χ4v) is 6.71. The maximum Gasteiger partial charge on any atom is 0.239 e. The first kappa shape index (κ1) is 34.6. The molecule has 0 bridgehead atoms. The summed E-state index contributed by atoms with van der Waals surface area (Å²) in [5, 5.41) is 28.4. The topological polar surface area (TPSA) is 105 Å². The van der Waals surface area contributed by atoms with Crippen LogP contribution in [0.25, 0.3) is 0 Å². The molecule has 10 heteroatoms. The van der Waals surface area contributed by atoms with Gasteiger partial charge >= 0.3 is 0 Å². The number of carbonyl (C=O) groups is 2. The van der Waals surface area contributed by atoms with Crippen LogP contribution in [0.1, 0.15) is 55.5 Å². The second kappa shape index (κ2) is 15.0. The molecule has 47 heavy (non-hydrogen) atoms. The summed E-state index contributed by atoms with van der Waals surface area (Å²) in [7, 11) is 0. The van der Waals surface area contributed by atoms with E-state index in [-0.39, 0.29) is 31.3 Å². The van der Waals surface area contributed by atoms with Crippen molar-refractivity contribution >= 4 is 11.8 Å². The number of piperazine rings is 1. The molecule has 3 aromatic carbocycles. The average molecular weight is 649 g/mol. The van der Waals surface area contributed by atoms with Gasteiger partial charge in [-0.1, -0.05) is 60.7 Å². The van der Waals surface area contributed by atoms with E-state index in [0.717, 1.165) is 22.8 Å². The van der Waals surface area contributed by atoms with Crippen molar-refractivity contribution in [2.75, 3.05) is 26.2 Å². The van der Waals surface area contributed by atoms with Crippen LogP contribution in [0.4, 0.5) is 8.78 Å². The molecule has 1 fully saturated rings. The highest BCUT2D eigenvalue weighted by atomic mass is 19.1. The van der Waals surface area contributed by atoms with Crippen LogP contribution in [0.5, 0.6) is 0 Å². The number of fused-ring (bicyclic) bond motifs is 1. The van der Waals surface area contributed by atoms with E-state index in [0.29, 0.717) is 38.0 Å². The second-order valence-electron chi connectivity index (χ2n) is 14.0. The fraction of sp³-hybridized carbons (Fsp3) is 0.459. The lowest BCUT2D eigenvalue weighted by Gasteiger charge is -2.42. The van der Waals surface area contributed by atoms with Gasteiger partial charge in [0.15, 0.2) is 0 Å². The van der Waals surface area contributed by atoms with Gasteiger partial charge in [0, 0.05) is 62.2 Å². The molecule has 1 heterocycles. The van der Waals surface area contributed by atoms with Gasteiger partial charge in [0.1, 0.15) is 17.7 Å². The Hall–Kier alpha value is -3.70. The van der Waals surface area contributed by atoms with Crippen molar-refractivity contribution < 1.29 is 28.6 Å². The summed E-state index contributed by atoms with van der Waals surface area (Å²) in [6.07, 6.45) is -0.647. The number of hydrogen-bond acceptors (Lipinski definition) is 6. The molecule has 5 rings (SSSR count). The van der Waals surface area contributed by atoms with E-state index in [1.165, 1.54) is 12.1 Å². The average Bonchev–Trinajstić information content (AvgIpc) is 3.33. The SMILES string of the molecule is CC(C)(C)NC(=O)[C@@H]1CN(Cc2ccc(F)cc2F)CCN1C[C@@H](O)C[C@@H](Cc1ccccc1)C(=O)NC1c2ccccc2C[C@H]1O. The molecule has 0 radical (unpaired) electrons. The van der Waals surface area contributed by atoms with E-state index in [1.807, 2.05) is 85.2 Å². The number of aliphatic hydroxyl groups is 2. The largest absolute Gasteiger partial charge is 0.392 e. The van der Waals surface area contributed by atoms with Gasteiger partial charge in [-0.2, -0.15) is 0 Å². The smallest absolute Gasteiger partial charge is 0.239 e. The molecule has 0 spiro atoms. The molecule has 1 aliphatic heterocycles. The molecule has 1 unspecified atom stereocenters. The maximum absolute atomic E-state index is 14.5. The van der Waals surface area contributed by atoms with Gasteiger partial charge < -0.3 is 20.8 Å². The van der Waals surface area contributed by atoms with Gasteiger partial charge in [0.2, 0.25) is 11.8 Å². The Kier molecular flexibility index (Phi) is 11.1. The highest BCUT2D eigenvalue weighted by Crippen LogP contribution is 2.32. The predicted molar refractivity (Wildman–Crippen MR) is 176 cm³/mol. The van der Waals surface area contributed by atoms with Crippen molar-refractivity contribution in [3.8, 4) is 0 Å². The van der Waals surface area contributed by atoms with Crippen LogP contribution in [-0.4, -0.2) is 81.8 Å². The van der Waals surface area contributed by atoms with Crippen LogP contribution >= 0.6 is 0 Å². The van der Waals surface area contributed by atoms with Gasteiger partial charge in [-0.3, -0.25) is 19.4 Å². The lowest BCUT2D eigenvalue weighted by atomic mass is 9.91. The third kappa shape index (κ3) is 9.22. The Morgan fingerprint density at radius 2 is 1.72 bits per heavy atom. The summed E-state index contributed by atoms with van der Waals surface area (Å²) >= 11 is 0. The molecule has 2 aliphatic rings. The zero-order valence-electron chi connectivity index (χ0n) is 27.3. The summed E-state index contributed by atoms with van der Waals surface area (Å²) in [5.74, 6) is -2.31. The Balaban J connectivity index is 1.29. The standard InChI is InChI=1S/C37H46F2N4O4/c1-37(2,3)41-36(47)32-23-42(21-26-13-14-28(38)20-31(26)39)15-16-43(32)22-29(44)18-27(17-24-9-5-4-6-10-24)35(46)40-34-30-12-8-7-11-25(30)19-33(34)45/h4-14,20,27,29,32-34,44-45H,15-19,21-23H2,1-3H3,(H,40,46)(H,41,47)/t27-,29+,32+,33-,34?/m1/s1. The van der Waals surface area contributed by atoms with Crippen molar-refractivity contribution in [3.05, 3.63) is 107 Å². The van der Waals surface area contributed by atoms with Crippen molar-refractivity contribution in [3.63, 3.8) is 0 Å². The molecule has 0 aromatic heterocycles. The zero-order chi connectivity index (χ0) is 33.7. The van der Waals surface area contributed by atoms with Crippen molar-refractivity contribution in [1.29, 1.82) is 0 Å². The number of aliphatic hydroxyl groups excluding tert-OH is 2. The first-order valence-corrected chi connectivity index (χ1v) is 16.4. The Morgan fingerprint density at radius 1 is 1.00 bits per heavy atom. The molecule has 5 atom stereocenters. The summed E-state index contributed by atoms with van der Waals surface area (Å²) < 4.78 is 28.0. The minimum Gasteiger partial charge on any atom is -0.392 e. The molecule has 8 nitrogen and oxygen atoms in total. The van der Waals surface area contributed by atoms with E-state index in [2.05, 4.69) is 10.6 Å². The third-order valence-corrected chi connectivity index (χ3v) is 8.98. The van der Waals surface area contributed by atoms with Gasteiger partial charge in [0.25, 0.3) is 0 Å². The van der Waals surface area contributed by atoms with Gasteiger partial charge in [-0.15, -0.1) is 0 Å². The van der Waals surface area contributed by atoms with E-state index >= 15 is 0 Å². The number of β-amino-alcohol motifs (C(OH)–C–C–N with tert-alkyl or cyclic N) is 1. The Labute approximate surface area is 275 Å². The number of rotatable bonds is 11. The molecule has 1 saturated heterocycles. The molecule has 0 saturated carbocycles. The molecule has 3 aromatic rings. The zero-order valence-corrected chi connectivity index (χ0v) is 27.3. The summed E-state index contributed by atoms with van der Waals surface area (Å²) in [6, 6.07) is 19.7. The van der Waals surface area contributed by atoms with Gasteiger partial charge in [0.05, 0.1) is 18.2 Å². The van der Waals surface area contributed by atoms with Crippen LogP contribution in [0.3, 0.4) is 0 Å². The third-order valence-electron chi connectivity index (χ3n) is 8.98. The van der Waals surface area contributed by atoms with Crippen LogP contribution in [-0.2, 0) is 29.0 Å². The lowest BCUT2D eigenvalue weighted by Crippen LogP contribution is -2.62. The number of carbonyl (C=O) groups excluding carboxylic acids is 2. The van der Waals surface area contributed by atoms with Gasteiger partial charge in [-0.25, -0.2) is 8.78 Å². The molecule has 252 valence electrons. The van der Waals surface area contributed by atoms with Crippen LogP contribution in [0.15, 0.2) is 72.8 Å². The summed E-state index contributed by atoms with van der Waals surface area (Å²) in [5.41, 5.74) is 2.72. The molecule has 1 aliphatic carbocycles. The molecule has 2 amide bonds. The van der Waals surface area contributed by atoms with Crippen molar-refractivity contribution in [1.82, 2.24) is 20.4 Å². The number of halogens is 2. The number of benzene rings is 3. The van der Waals surface area contributed by atoms with Crippen LogP contribution in [0, 0.1) is 17.6 Å². The van der Waals surface area contributed by atoms with Crippen LogP contribution < -0.4 is 10.6 Å². The first-order chi connectivity index (χ1) is 22.4. The quantitative estimate of drug-likeness (QED) is 0.253. The number of nitrogens with one attached hydrogen (secondary N) is 2. The Morgan fingerprint density at radius 3 is 2.45 bits per heavy atom. The van der Waals surface area contributed by atoms with Crippen LogP contribution in [0.2, 0.25) is 0 Å². The highest BCUT2D eigenvalue weighted by molar-refractivity contribution is 5.83. The fourth-order valence-electron chi connectivity index (χ4n) is 6.71.